The Balaban J connectivity index is 0.00000101. The van der Waals surface area contributed by atoms with Crippen molar-refractivity contribution in [3.05, 3.63) is 303 Å². The number of carbonyl (C=O) groups excluding carboxylic acids is 1. The van der Waals surface area contributed by atoms with Crippen LogP contribution in [0, 0.1) is 0 Å². The molecule has 7 N–H and O–H groups in total. The number of carboxylic acid groups (broad SMARTS) is 5. The monoisotopic (exact) mass is 1280 g/mol. The standard InChI is InChI=1S/C16H17NO2.C16H16O2.C16H14O2.C9H10.C7H5BrO2.2C2H4O2.Pd.H2/c18-16(17-19)15-11-9-14(10-12-15)8-4-7-13-5-2-1-3-6-13;2*17-16(18)15-11-9-14(10-12-15)8-4-7-13-5-2-1-3-6-13;1-2-6-9-7-4-3-5-8-9;8-6-3-1-5(2-4-6)7(9)10;2*1-2(3)4;;/h1-3,5-6,9-12,19H,4,7-8H2,(H,17,18);1-3,5-6,9-12H,4,7-8H2,(H,17,18);1-6,8-12H,7H2,(H,17,18);2-5,7-8H,1,6H2;1-4H,(H,9,10);2*1H3,(H,3,4);;1H. The summed E-state index contributed by atoms with van der Waals surface area (Å²) in [6, 6.07) is 69.1. The van der Waals surface area contributed by atoms with Gasteiger partial charge in [0, 0.05) is 45.7 Å². The molecular weight excluding hydrogens is 1210 g/mol. The van der Waals surface area contributed by atoms with E-state index in [1.807, 2.05) is 97.1 Å². The number of amides is 1. The first-order valence-corrected chi connectivity index (χ1v) is 26.7. The van der Waals surface area contributed by atoms with Crippen molar-refractivity contribution in [3.63, 3.8) is 0 Å². The Labute approximate surface area is 509 Å². The maximum Gasteiger partial charge on any atom is 0.335 e. The van der Waals surface area contributed by atoms with Gasteiger partial charge in [-0.1, -0.05) is 192 Å². The van der Waals surface area contributed by atoms with Gasteiger partial charge in [0.25, 0.3) is 17.8 Å². The van der Waals surface area contributed by atoms with Crippen molar-refractivity contribution in [2.75, 3.05) is 0 Å². The van der Waals surface area contributed by atoms with Gasteiger partial charge in [0.15, 0.2) is 0 Å². The summed E-state index contributed by atoms with van der Waals surface area (Å²) < 4.78 is 0.887. The van der Waals surface area contributed by atoms with Crippen molar-refractivity contribution in [3.8, 4) is 0 Å². The van der Waals surface area contributed by atoms with Gasteiger partial charge in [-0.3, -0.25) is 19.6 Å². The average Bonchev–Trinajstić information content (AvgIpc) is 3.50. The number of hydrogen-bond acceptors (Lipinski definition) is 7. The van der Waals surface area contributed by atoms with Crippen LogP contribution in [-0.4, -0.2) is 66.5 Å². The van der Waals surface area contributed by atoms with Crippen LogP contribution in [0.5, 0.6) is 0 Å². The number of aryl methyl sites for hydroxylation is 4. The van der Waals surface area contributed by atoms with E-state index in [1.54, 1.807) is 66.1 Å². The van der Waals surface area contributed by atoms with E-state index in [9.17, 15) is 19.2 Å². The molecule has 13 nitrogen and oxygen atoms in total. The number of carboxylic acids is 5. The van der Waals surface area contributed by atoms with Gasteiger partial charge in [-0.15, -0.1) is 6.58 Å². The van der Waals surface area contributed by atoms with E-state index >= 15 is 0 Å². The zero-order valence-corrected chi connectivity index (χ0v) is 49.3. The molecular formula is C68H72BrNO12Pd. The molecule has 0 aliphatic rings. The number of allylic oxidation sites excluding steroid dienone is 2. The smallest absolute Gasteiger partial charge is 0.335 e. The minimum absolute atomic E-state index is 0. The maximum absolute atomic E-state index is 11.2. The fourth-order valence-electron chi connectivity index (χ4n) is 7.04. The summed E-state index contributed by atoms with van der Waals surface area (Å²) in [7, 11) is 0. The van der Waals surface area contributed by atoms with Crippen molar-refractivity contribution in [2.24, 2.45) is 0 Å². The molecule has 0 unspecified atom stereocenters. The van der Waals surface area contributed by atoms with Crippen LogP contribution < -0.4 is 5.48 Å². The second-order valence-electron chi connectivity index (χ2n) is 17.7. The van der Waals surface area contributed by atoms with Crippen LogP contribution >= 0.6 is 15.9 Å². The van der Waals surface area contributed by atoms with E-state index < -0.39 is 35.8 Å². The molecule has 0 aliphatic heterocycles. The molecule has 0 fully saturated rings. The second kappa shape index (κ2) is 43.9. The third-order valence-electron chi connectivity index (χ3n) is 11.0. The first-order valence-electron chi connectivity index (χ1n) is 25.9. The van der Waals surface area contributed by atoms with Crippen LogP contribution in [0.2, 0.25) is 0 Å². The molecule has 0 aliphatic carbocycles. The Morgan fingerprint density at radius 2 is 0.699 bits per heavy atom. The van der Waals surface area contributed by atoms with Gasteiger partial charge in [0.2, 0.25) is 0 Å². The normalized spacial score (nSPS) is 9.54. The summed E-state index contributed by atoms with van der Waals surface area (Å²) in [6.07, 6.45) is 14.1. The van der Waals surface area contributed by atoms with E-state index in [0.29, 0.717) is 22.3 Å². The first kappa shape index (κ1) is 72.2. The van der Waals surface area contributed by atoms with Gasteiger partial charge in [0.1, 0.15) is 0 Å². The average molecular weight is 1280 g/mol. The summed E-state index contributed by atoms with van der Waals surface area (Å²) in [5.74, 6) is -4.80. The van der Waals surface area contributed by atoms with Crippen LogP contribution in [0.15, 0.2) is 242 Å². The molecule has 0 saturated heterocycles. The van der Waals surface area contributed by atoms with Crippen molar-refractivity contribution in [2.45, 2.75) is 65.2 Å². The number of benzene rings is 8. The van der Waals surface area contributed by atoms with E-state index in [1.165, 1.54) is 33.4 Å². The van der Waals surface area contributed by atoms with Crippen molar-refractivity contribution in [1.82, 2.24) is 5.48 Å². The fraction of sp³-hybridized carbons (Fsp3) is 0.147. The van der Waals surface area contributed by atoms with E-state index in [0.717, 1.165) is 75.3 Å². The number of rotatable bonds is 17. The molecule has 8 aromatic rings. The largest absolute Gasteiger partial charge is 0.481 e. The number of hydroxylamine groups is 1. The summed E-state index contributed by atoms with van der Waals surface area (Å²) in [5, 5.41) is 49.4. The van der Waals surface area contributed by atoms with Crippen molar-refractivity contribution >= 4 is 57.8 Å². The van der Waals surface area contributed by atoms with E-state index in [2.05, 4.69) is 101 Å². The molecule has 8 rings (SSSR count). The molecule has 0 heterocycles. The molecule has 0 aromatic heterocycles. The zero-order chi connectivity index (χ0) is 60.3. The fourth-order valence-corrected chi connectivity index (χ4v) is 7.30. The quantitative estimate of drug-likeness (QED) is 0.0195. The first-order chi connectivity index (χ1) is 39.4. The molecule has 0 spiro atoms. The Morgan fingerprint density at radius 3 is 1.01 bits per heavy atom. The summed E-state index contributed by atoms with van der Waals surface area (Å²) >= 11 is 3.20. The maximum atomic E-state index is 11.2. The van der Waals surface area contributed by atoms with Gasteiger partial charge < -0.3 is 25.5 Å². The topological polar surface area (TPSA) is 236 Å². The third kappa shape index (κ3) is 35.5. The molecule has 1 amide bonds. The molecule has 0 atom stereocenters. The Hall–Kier alpha value is -8.84. The summed E-state index contributed by atoms with van der Waals surface area (Å²) in [5.41, 5.74) is 11.7. The number of carbonyl (C=O) groups is 6. The second-order valence-corrected chi connectivity index (χ2v) is 18.6. The molecule has 0 saturated carbocycles. The van der Waals surface area contributed by atoms with Crippen molar-refractivity contribution < 1.29 is 81.4 Å². The Morgan fingerprint density at radius 1 is 0.422 bits per heavy atom. The predicted octanol–water partition coefficient (Wildman–Crippen LogP) is 15.2. The zero-order valence-electron chi connectivity index (χ0n) is 46.2. The van der Waals surface area contributed by atoms with E-state index in [-0.39, 0.29) is 21.8 Å². The Bertz CT molecular complexity index is 3110. The van der Waals surface area contributed by atoms with E-state index in [4.69, 9.17) is 40.3 Å². The number of halogens is 1. The van der Waals surface area contributed by atoms with Crippen molar-refractivity contribution in [1.29, 1.82) is 0 Å². The number of aromatic carboxylic acids is 3. The van der Waals surface area contributed by atoms with Gasteiger partial charge in [0.05, 0.1) is 16.7 Å². The van der Waals surface area contributed by atoms with Crippen LogP contribution in [0.3, 0.4) is 0 Å². The molecule has 0 bridgehead atoms. The molecule has 8 aromatic carbocycles. The number of nitrogens with one attached hydrogen (secondary N) is 1. The van der Waals surface area contributed by atoms with Crippen LogP contribution in [-0.2, 0) is 68.5 Å². The van der Waals surface area contributed by atoms with Crippen LogP contribution in [0.25, 0.3) is 6.08 Å². The Kier molecular flexibility index (Phi) is 38.2. The predicted molar refractivity (Wildman–Crippen MR) is 329 cm³/mol. The molecule has 438 valence electrons. The minimum Gasteiger partial charge on any atom is -0.481 e. The third-order valence-corrected chi connectivity index (χ3v) is 11.6. The van der Waals surface area contributed by atoms with Gasteiger partial charge in [-0.2, -0.15) is 0 Å². The molecule has 83 heavy (non-hydrogen) atoms. The van der Waals surface area contributed by atoms with Gasteiger partial charge >= 0.3 is 17.9 Å². The minimum atomic E-state index is -0.896. The SMILES string of the molecule is C=CCc1ccccc1.CC(=O)O.CC(=O)O.O=C(NO)c1ccc(CCCc2ccccc2)cc1.O=C(O)c1ccc(Br)cc1.O=C(O)c1ccc(C=CCc2ccccc2)cc1.O=C(O)c1ccc(CCCc2ccccc2)cc1.[HH].[Pd]. The van der Waals surface area contributed by atoms with Gasteiger partial charge in [-0.25, -0.2) is 19.9 Å². The number of hydrogen-bond donors (Lipinski definition) is 7. The summed E-state index contributed by atoms with van der Waals surface area (Å²) in [4.78, 5) is 60.9. The summed E-state index contributed by atoms with van der Waals surface area (Å²) in [6.45, 7) is 5.82. The van der Waals surface area contributed by atoms with Gasteiger partial charge in [-0.05, 0) is 151 Å². The van der Waals surface area contributed by atoms with Crippen LogP contribution in [0.4, 0.5) is 0 Å². The number of aliphatic carboxylic acids is 2. The molecule has 15 heteroatoms. The molecule has 0 radical (unpaired) electrons. The van der Waals surface area contributed by atoms with Crippen LogP contribution in [0.1, 0.15) is 108 Å².